The van der Waals surface area contributed by atoms with Crippen LogP contribution < -0.4 is 4.74 Å². The van der Waals surface area contributed by atoms with E-state index < -0.39 is 5.82 Å². The average Bonchev–Trinajstić information content (AvgIpc) is 2.81. The zero-order valence-corrected chi connectivity index (χ0v) is 10.4. The van der Waals surface area contributed by atoms with Crippen LogP contribution in [0, 0.1) is 17.7 Å². The molecule has 2 rings (SSSR count). The molecule has 19 heavy (non-hydrogen) atoms. The van der Waals surface area contributed by atoms with Crippen LogP contribution in [0.25, 0.3) is 0 Å². The van der Waals surface area contributed by atoms with Gasteiger partial charge in [0.05, 0.1) is 11.3 Å². The Balaban J connectivity index is 2.16. The van der Waals surface area contributed by atoms with Crippen LogP contribution in [-0.4, -0.2) is 21.5 Å². The first kappa shape index (κ1) is 13.1. The molecular weight excluding hydrogens is 247 g/mol. The Morgan fingerprint density at radius 2 is 2.26 bits per heavy atom. The number of hydrogen-bond donors (Lipinski definition) is 1. The van der Waals surface area contributed by atoms with Gasteiger partial charge in [0.2, 0.25) is 0 Å². The van der Waals surface area contributed by atoms with E-state index in [-0.39, 0.29) is 13.2 Å². The van der Waals surface area contributed by atoms with Gasteiger partial charge in [0.1, 0.15) is 24.8 Å². The number of aliphatic hydroxyl groups excluding tert-OH is 1. The highest BCUT2D eigenvalue weighted by atomic mass is 19.1. The monoisotopic (exact) mass is 260 g/mol. The van der Waals surface area contributed by atoms with Gasteiger partial charge in [0, 0.05) is 19.3 Å². The SMILES string of the molecule is Cn1ccc(COc2cc(F)ccc2C#CCO)n1. The molecule has 0 bridgehead atoms. The number of aryl methyl sites for hydroxylation is 1. The van der Waals surface area contributed by atoms with Crippen LogP contribution in [0.3, 0.4) is 0 Å². The maximum absolute atomic E-state index is 13.2. The van der Waals surface area contributed by atoms with Gasteiger partial charge < -0.3 is 9.84 Å². The maximum Gasteiger partial charge on any atom is 0.138 e. The average molecular weight is 260 g/mol. The second-order valence-corrected chi connectivity index (χ2v) is 3.87. The Kier molecular flexibility index (Phi) is 4.16. The summed E-state index contributed by atoms with van der Waals surface area (Å²) in [7, 11) is 1.81. The summed E-state index contributed by atoms with van der Waals surface area (Å²) in [6.07, 6.45) is 1.80. The third-order valence-electron chi connectivity index (χ3n) is 2.39. The molecule has 0 radical (unpaired) electrons. The van der Waals surface area contributed by atoms with Gasteiger partial charge >= 0.3 is 0 Å². The molecule has 0 aliphatic carbocycles. The fraction of sp³-hybridized carbons (Fsp3) is 0.214. The minimum atomic E-state index is -0.398. The van der Waals surface area contributed by atoms with Gasteiger partial charge in [-0.25, -0.2) is 4.39 Å². The Morgan fingerprint density at radius 1 is 1.42 bits per heavy atom. The van der Waals surface area contributed by atoms with E-state index in [1.54, 1.807) is 10.9 Å². The lowest BCUT2D eigenvalue weighted by atomic mass is 10.2. The van der Waals surface area contributed by atoms with Crippen molar-refractivity contribution in [3.8, 4) is 17.6 Å². The third-order valence-corrected chi connectivity index (χ3v) is 2.39. The summed E-state index contributed by atoms with van der Waals surface area (Å²) in [5.74, 6) is 5.17. The third kappa shape index (κ3) is 3.57. The molecule has 98 valence electrons. The molecule has 1 N–H and O–H groups in total. The molecule has 2 aromatic rings. The van der Waals surface area contributed by atoms with E-state index in [1.807, 2.05) is 13.1 Å². The molecule has 0 spiro atoms. The molecule has 1 aromatic carbocycles. The molecule has 1 aromatic heterocycles. The van der Waals surface area contributed by atoms with E-state index in [0.717, 1.165) is 5.69 Å². The fourth-order valence-electron chi connectivity index (χ4n) is 1.55. The van der Waals surface area contributed by atoms with Crippen molar-refractivity contribution in [2.75, 3.05) is 6.61 Å². The first-order valence-electron chi connectivity index (χ1n) is 5.69. The van der Waals surface area contributed by atoms with Crippen LogP contribution in [-0.2, 0) is 13.7 Å². The van der Waals surface area contributed by atoms with Crippen molar-refractivity contribution in [3.05, 3.63) is 47.5 Å². The van der Waals surface area contributed by atoms with Gasteiger partial charge in [-0.15, -0.1) is 0 Å². The molecule has 0 atom stereocenters. The molecule has 4 nitrogen and oxygen atoms in total. The first-order chi connectivity index (χ1) is 9.19. The highest BCUT2D eigenvalue weighted by Crippen LogP contribution is 2.20. The Bertz CT molecular complexity index is 626. The molecule has 1 heterocycles. The highest BCUT2D eigenvalue weighted by molar-refractivity contribution is 5.46. The number of rotatable bonds is 3. The van der Waals surface area contributed by atoms with Crippen molar-refractivity contribution in [3.63, 3.8) is 0 Å². The van der Waals surface area contributed by atoms with Crippen molar-refractivity contribution < 1.29 is 14.2 Å². The van der Waals surface area contributed by atoms with Crippen LogP contribution in [0.2, 0.25) is 0 Å². The van der Waals surface area contributed by atoms with Crippen LogP contribution in [0.15, 0.2) is 30.5 Å². The topological polar surface area (TPSA) is 47.3 Å². The summed E-state index contributed by atoms with van der Waals surface area (Å²) < 4.78 is 20.4. The lowest BCUT2D eigenvalue weighted by Crippen LogP contribution is -2.00. The summed E-state index contributed by atoms with van der Waals surface area (Å²) >= 11 is 0. The number of aliphatic hydroxyl groups is 1. The zero-order valence-electron chi connectivity index (χ0n) is 10.4. The van der Waals surface area contributed by atoms with Crippen molar-refractivity contribution in [1.29, 1.82) is 0 Å². The van der Waals surface area contributed by atoms with E-state index >= 15 is 0 Å². The van der Waals surface area contributed by atoms with Crippen LogP contribution >= 0.6 is 0 Å². The summed E-state index contributed by atoms with van der Waals surface area (Å²) in [5.41, 5.74) is 1.28. The molecule has 0 saturated heterocycles. The quantitative estimate of drug-likeness (QED) is 0.850. The van der Waals surface area contributed by atoms with Crippen LogP contribution in [0.1, 0.15) is 11.3 Å². The summed E-state index contributed by atoms with van der Waals surface area (Å²) in [6.45, 7) is -0.0187. The van der Waals surface area contributed by atoms with E-state index in [4.69, 9.17) is 9.84 Å². The van der Waals surface area contributed by atoms with E-state index in [1.165, 1.54) is 18.2 Å². The molecular formula is C14H13FN2O2. The molecule has 0 aliphatic rings. The number of halogens is 1. The number of aromatic nitrogens is 2. The fourth-order valence-corrected chi connectivity index (χ4v) is 1.55. The zero-order chi connectivity index (χ0) is 13.7. The predicted octanol–water partition coefficient (Wildman–Crippen LogP) is 1.48. The molecule has 0 unspecified atom stereocenters. The minimum Gasteiger partial charge on any atom is -0.486 e. The number of ether oxygens (including phenoxy) is 1. The largest absolute Gasteiger partial charge is 0.486 e. The van der Waals surface area contributed by atoms with Crippen molar-refractivity contribution >= 4 is 0 Å². The Labute approximate surface area is 110 Å². The Morgan fingerprint density at radius 3 is 2.95 bits per heavy atom. The molecule has 0 fully saturated rings. The molecule has 0 saturated carbocycles. The van der Waals surface area contributed by atoms with E-state index in [2.05, 4.69) is 16.9 Å². The summed E-state index contributed by atoms with van der Waals surface area (Å²) in [4.78, 5) is 0. The highest BCUT2D eigenvalue weighted by Gasteiger charge is 2.05. The van der Waals surface area contributed by atoms with Crippen molar-refractivity contribution in [2.24, 2.45) is 7.05 Å². The molecule has 0 amide bonds. The second kappa shape index (κ2) is 6.03. The summed E-state index contributed by atoms with van der Waals surface area (Å²) in [6, 6.07) is 5.91. The van der Waals surface area contributed by atoms with Gasteiger partial charge in [-0.1, -0.05) is 11.8 Å². The first-order valence-corrected chi connectivity index (χ1v) is 5.69. The Hall–Kier alpha value is -2.32. The maximum atomic E-state index is 13.2. The number of benzene rings is 1. The number of hydrogen-bond acceptors (Lipinski definition) is 3. The standard InChI is InChI=1S/C14H13FN2O2/c1-17-7-6-13(16-17)10-19-14-9-12(15)5-4-11(14)3-2-8-18/h4-7,9,18H,8,10H2,1H3. The predicted molar refractivity (Wildman–Crippen MR) is 67.9 cm³/mol. The van der Waals surface area contributed by atoms with E-state index in [0.29, 0.717) is 11.3 Å². The molecule has 5 heteroatoms. The lowest BCUT2D eigenvalue weighted by Gasteiger charge is -2.06. The second-order valence-electron chi connectivity index (χ2n) is 3.87. The normalized spacial score (nSPS) is 9.84. The smallest absolute Gasteiger partial charge is 0.138 e. The van der Waals surface area contributed by atoms with E-state index in [9.17, 15) is 4.39 Å². The minimum absolute atomic E-state index is 0.234. The summed E-state index contributed by atoms with van der Waals surface area (Å²) in [5, 5.41) is 12.8. The van der Waals surface area contributed by atoms with Crippen LogP contribution in [0.5, 0.6) is 5.75 Å². The van der Waals surface area contributed by atoms with Gasteiger partial charge in [-0.05, 0) is 18.2 Å². The van der Waals surface area contributed by atoms with Gasteiger partial charge in [0.25, 0.3) is 0 Å². The van der Waals surface area contributed by atoms with Crippen molar-refractivity contribution in [2.45, 2.75) is 6.61 Å². The van der Waals surface area contributed by atoms with Gasteiger partial charge in [0.15, 0.2) is 0 Å². The van der Waals surface area contributed by atoms with Gasteiger partial charge in [-0.3, -0.25) is 4.68 Å². The van der Waals surface area contributed by atoms with Gasteiger partial charge in [-0.2, -0.15) is 5.10 Å². The van der Waals surface area contributed by atoms with Crippen LogP contribution in [0.4, 0.5) is 4.39 Å². The lowest BCUT2D eigenvalue weighted by molar-refractivity contribution is 0.297. The molecule has 0 aliphatic heterocycles. The number of nitrogens with zero attached hydrogens (tertiary/aromatic N) is 2. The van der Waals surface area contributed by atoms with Crippen molar-refractivity contribution in [1.82, 2.24) is 9.78 Å².